The number of nitrogens with one attached hydrogen (secondary N) is 1. The Labute approximate surface area is 176 Å². The van der Waals surface area contributed by atoms with E-state index in [2.05, 4.69) is 59.9 Å². The second kappa shape index (κ2) is 8.78. The van der Waals surface area contributed by atoms with Gasteiger partial charge in [-0.2, -0.15) is 5.26 Å². The van der Waals surface area contributed by atoms with E-state index in [0.29, 0.717) is 4.88 Å². The fraction of sp³-hybridized carbons (Fsp3) is 0.227. The zero-order chi connectivity index (χ0) is 21.0. The molecule has 0 aliphatic carbocycles. The minimum Gasteiger partial charge on any atom is -0.372 e. The van der Waals surface area contributed by atoms with Crippen molar-refractivity contribution in [3.8, 4) is 16.5 Å². The van der Waals surface area contributed by atoms with Crippen LogP contribution in [0.15, 0.2) is 53.4 Å². The molecule has 0 fully saturated rings. The summed E-state index contributed by atoms with van der Waals surface area (Å²) in [5.74, 6) is 0. The smallest absolute Gasteiger partial charge is 0.250 e. The molecule has 2 aromatic carbocycles. The molecule has 1 N–H and O–H groups in total. The molecule has 1 heterocycles. The molecule has 0 atom stereocenters. The number of allylic oxidation sites excluding steroid dienone is 1. The monoisotopic (exact) mass is 425 g/mol. The van der Waals surface area contributed by atoms with E-state index >= 15 is 0 Å². The van der Waals surface area contributed by atoms with Gasteiger partial charge < -0.3 is 4.90 Å². The molecule has 29 heavy (non-hydrogen) atoms. The highest BCUT2D eigenvalue weighted by molar-refractivity contribution is 7.93. The number of hydrogen-bond donors (Lipinski definition) is 1. The number of anilines is 1. The van der Waals surface area contributed by atoms with Crippen LogP contribution in [0.2, 0.25) is 0 Å². The molecule has 1 aromatic heterocycles. The van der Waals surface area contributed by atoms with E-state index in [1.165, 1.54) is 35.5 Å². The number of hydrogen-bond acceptors (Lipinski definition) is 5. The van der Waals surface area contributed by atoms with Crippen molar-refractivity contribution in [3.63, 3.8) is 0 Å². The zero-order valence-corrected chi connectivity index (χ0v) is 18.3. The number of nitriles is 1. The molecule has 0 aliphatic rings. The van der Waals surface area contributed by atoms with E-state index in [0.717, 1.165) is 28.9 Å². The third-order valence-electron chi connectivity index (χ3n) is 4.81. The summed E-state index contributed by atoms with van der Waals surface area (Å²) in [4.78, 5) is 3.75. The molecular formula is C22H23N3O2S2. The summed E-state index contributed by atoms with van der Waals surface area (Å²) in [5.41, 5.74) is 2.28. The van der Waals surface area contributed by atoms with Crippen molar-refractivity contribution in [2.45, 2.75) is 13.8 Å². The minimum atomic E-state index is -3.76. The Morgan fingerprint density at radius 2 is 1.79 bits per heavy atom. The second-order valence-corrected chi connectivity index (χ2v) is 9.42. The maximum Gasteiger partial charge on any atom is 0.250 e. The molecule has 0 aliphatic heterocycles. The van der Waals surface area contributed by atoms with E-state index in [9.17, 15) is 8.42 Å². The van der Waals surface area contributed by atoms with Gasteiger partial charge in [-0.25, -0.2) is 13.1 Å². The minimum absolute atomic E-state index is 0.296. The topological polar surface area (TPSA) is 73.2 Å². The average Bonchev–Trinajstić information content (AvgIpc) is 3.21. The maximum atomic E-state index is 11.9. The van der Waals surface area contributed by atoms with Gasteiger partial charge in [0.15, 0.2) is 4.91 Å². The summed E-state index contributed by atoms with van der Waals surface area (Å²) < 4.78 is 25.9. The largest absolute Gasteiger partial charge is 0.372 e. The van der Waals surface area contributed by atoms with Crippen molar-refractivity contribution in [3.05, 3.63) is 58.3 Å². The first-order chi connectivity index (χ1) is 13.9. The summed E-state index contributed by atoms with van der Waals surface area (Å²) in [5, 5.41) is 11.5. The summed E-state index contributed by atoms with van der Waals surface area (Å²) in [6, 6.07) is 18.3. The van der Waals surface area contributed by atoms with Crippen molar-refractivity contribution in [1.29, 1.82) is 5.26 Å². The van der Waals surface area contributed by atoms with Gasteiger partial charge in [-0.1, -0.05) is 18.2 Å². The molecule has 5 nitrogen and oxygen atoms in total. The van der Waals surface area contributed by atoms with E-state index in [1.807, 2.05) is 12.1 Å². The highest BCUT2D eigenvalue weighted by Crippen LogP contribution is 2.33. The van der Waals surface area contributed by atoms with Crippen LogP contribution in [-0.4, -0.2) is 28.6 Å². The van der Waals surface area contributed by atoms with Crippen LogP contribution in [0.3, 0.4) is 0 Å². The van der Waals surface area contributed by atoms with E-state index in [4.69, 9.17) is 5.26 Å². The molecule has 7 heteroatoms. The molecule has 0 saturated heterocycles. The summed E-state index contributed by atoms with van der Waals surface area (Å²) in [7, 11) is -2.46. The van der Waals surface area contributed by atoms with Gasteiger partial charge in [0.25, 0.3) is 10.0 Å². The number of thiophene rings is 1. The first-order valence-electron chi connectivity index (χ1n) is 9.36. The summed E-state index contributed by atoms with van der Waals surface area (Å²) in [6.07, 6.45) is 1.40. The van der Waals surface area contributed by atoms with Gasteiger partial charge in [0.2, 0.25) is 0 Å². The molecule has 150 valence electrons. The van der Waals surface area contributed by atoms with Crippen LogP contribution >= 0.6 is 11.3 Å². The van der Waals surface area contributed by atoms with Crippen LogP contribution in [0, 0.1) is 11.3 Å². The highest BCUT2D eigenvalue weighted by Gasteiger charge is 2.15. The van der Waals surface area contributed by atoms with Crippen LogP contribution in [0.25, 0.3) is 27.3 Å². The standard InChI is InChI=1S/C22H23N3O2S2/c1-4-25(5-2)19-9-8-16-12-18(7-6-17(16)13-19)22-11-10-20(28-22)14-21(15-23)29(26,27)24-3/h6-14,24H,4-5H2,1-3H3/b21-14+. The molecule has 0 amide bonds. The first kappa shape index (κ1) is 21.1. The van der Waals surface area contributed by atoms with Crippen LogP contribution in [-0.2, 0) is 10.0 Å². The van der Waals surface area contributed by atoms with Gasteiger partial charge in [-0.05, 0) is 73.6 Å². The Kier molecular flexibility index (Phi) is 6.38. The van der Waals surface area contributed by atoms with E-state index < -0.39 is 10.0 Å². The van der Waals surface area contributed by atoms with Gasteiger partial charge >= 0.3 is 0 Å². The first-order valence-corrected chi connectivity index (χ1v) is 11.7. The lowest BCUT2D eigenvalue weighted by Crippen LogP contribution is -2.21. The van der Waals surface area contributed by atoms with E-state index in [1.54, 1.807) is 6.07 Å². The number of nitrogens with zero attached hydrogens (tertiary/aromatic N) is 2. The predicted octanol–water partition coefficient (Wildman–Crippen LogP) is 4.83. The molecule has 0 spiro atoms. The van der Waals surface area contributed by atoms with Crippen LogP contribution < -0.4 is 9.62 Å². The van der Waals surface area contributed by atoms with Gasteiger partial charge in [-0.15, -0.1) is 11.3 Å². The molecule has 3 aromatic rings. The Hall–Kier alpha value is -2.66. The van der Waals surface area contributed by atoms with Crippen LogP contribution in [0.5, 0.6) is 0 Å². The number of benzene rings is 2. The lowest BCUT2D eigenvalue weighted by molar-refractivity contribution is 0.596. The molecule has 3 rings (SSSR count). The summed E-state index contributed by atoms with van der Waals surface area (Å²) in [6.45, 7) is 6.25. The Morgan fingerprint density at radius 3 is 2.45 bits per heavy atom. The lowest BCUT2D eigenvalue weighted by Gasteiger charge is -2.21. The quantitative estimate of drug-likeness (QED) is 0.550. The highest BCUT2D eigenvalue weighted by atomic mass is 32.2. The third-order valence-corrected chi connectivity index (χ3v) is 7.21. The maximum absolute atomic E-state index is 11.9. The van der Waals surface area contributed by atoms with E-state index in [-0.39, 0.29) is 4.91 Å². The zero-order valence-electron chi connectivity index (χ0n) is 16.6. The predicted molar refractivity (Wildman–Crippen MR) is 122 cm³/mol. The van der Waals surface area contributed by atoms with Gasteiger partial charge in [0, 0.05) is 28.5 Å². The van der Waals surface area contributed by atoms with Crippen molar-refractivity contribution in [2.24, 2.45) is 0 Å². The molecule has 0 unspecified atom stereocenters. The Morgan fingerprint density at radius 1 is 1.10 bits per heavy atom. The van der Waals surface area contributed by atoms with Gasteiger partial charge in [-0.3, -0.25) is 0 Å². The van der Waals surface area contributed by atoms with Crippen molar-refractivity contribution >= 4 is 43.9 Å². The fourth-order valence-corrected chi connectivity index (χ4v) is 4.81. The normalized spacial score (nSPS) is 12.1. The summed E-state index contributed by atoms with van der Waals surface area (Å²) >= 11 is 1.45. The van der Waals surface area contributed by atoms with Crippen molar-refractivity contribution in [2.75, 3.05) is 25.0 Å². The molecular weight excluding hydrogens is 402 g/mol. The second-order valence-electron chi connectivity index (χ2n) is 6.45. The van der Waals surface area contributed by atoms with Crippen molar-refractivity contribution < 1.29 is 8.42 Å². The molecule has 0 saturated carbocycles. The molecule has 0 bridgehead atoms. The van der Waals surface area contributed by atoms with Crippen LogP contribution in [0.1, 0.15) is 18.7 Å². The van der Waals surface area contributed by atoms with Gasteiger partial charge in [0.1, 0.15) is 6.07 Å². The average molecular weight is 426 g/mol. The number of sulfonamides is 1. The lowest BCUT2D eigenvalue weighted by atomic mass is 10.0. The SMILES string of the molecule is CCN(CC)c1ccc2cc(-c3ccc(/C=C(\C#N)S(=O)(=O)NC)s3)ccc2c1. The Balaban J connectivity index is 1.94. The van der Waals surface area contributed by atoms with Crippen molar-refractivity contribution in [1.82, 2.24) is 4.72 Å². The number of rotatable bonds is 7. The fourth-order valence-electron chi connectivity index (χ4n) is 3.17. The van der Waals surface area contributed by atoms with Crippen LogP contribution in [0.4, 0.5) is 5.69 Å². The van der Waals surface area contributed by atoms with Gasteiger partial charge in [0.05, 0.1) is 0 Å². The number of fused-ring (bicyclic) bond motifs is 1. The molecule has 0 radical (unpaired) electrons. The third kappa shape index (κ3) is 4.51. The Bertz CT molecular complexity index is 1200.